The normalized spacial score (nSPS) is 21.8. The molecule has 1 fully saturated rings. The van der Waals surface area contributed by atoms with Crippen molar-refractivity contribution in [3.63, 3.8) is 0 Å². The zero-order valence-electron chi connectivity index (χ0n) is 8.38. The van der Waals surface area contributed by atoms with Gasteiger partial charge in [-0.3, -0.25) is 0 Å². The standard InChI is InChI=1S/C10H21NO/c1-3-4-5-6-7-11(2)8-10-9-12-10/h10H,3-9H2,1-2H3. The average Bonchev–Trinajstić information content (AvgIpc) is 2.82. The molecule has 0 radical (unpaired) electrons. The Morgan fingerprint density at radius 3 is 2.67 bits per heavy atom. The third kappa shape index (κ3) is 4.73. The van der Waals surface area contributed by atoms with Crippen LogP contribution >= 0.6 is 0 Å². The smallest absolute Gasteiger partial charge is 0.0936 e. The molecule has 0 saturated carbocycles. The molecular weight excluding hydrogens is 150 g/mol. The van der Waals surface area contributed by atoms with Crippen LogP contribution in [0, 0.1) is 0 Å². The van der Waals surface area contributed by atoms with Crippen LogP contribution in [0.1, 0.15) is 32.6 Å². The minimum absolute atomic E-state index is 0.557. The first-order chi connectivity index (χ1) is 5.83. The fraction of sp³-hybridized carbons (Fsp3) is 1.00. The van der Waals surface area contributed by atoms with Crippen LogP contribution in [0.15, 0.2) is 0 Å². The Hall–Kier alpha value is -0.0800. The summed E-state index contributed by atoms with van der Waals surface area (Å²) in [5.41, 5.74) is 0. The molecule has 2 heteroatoms. The third-order valence-corrected chi connectivity index (χ3v) is 2.31. The average molecular weight is 171 g/mol. The second kappa shape index (κ2) is 5.55. The first kappa shape index (κ1) is 10.0. The number of hydrogen-bond acceptors (Lipinski definition) is 2. The molecule has 1 aliphatic rings. The highest BCUT2D eigenvalue weighted by molar-refractivity contribution is 4.72. The summed E-state index contributed by atoms with van der Waals surface area (Å²) in [7, 11) is 2.19. The largest absolute Gasteiger partial charge is 0.372 e. The number of hydrogen-bond donors (Lipinski definition) is 0. The van der Waals surface area contributed by atoms with Gasteiger partial charge in [-0.25, -0.2) is 0 Å². The van der Waals surface area contributed by atoms with Crippen LogP contribution in [0.3, 0.4) is 0 Å². The number of rotatable bonds is 7. The molecule has 0 N–H and O–H groups in total. The van der Waals surface area contributed by atoms with Crippen molar-refractivity contribution in [3.8, 4) is 0 Å². The highest BCUT2D eigenvalue weighted by Crippen LogP contribution is 2.10. The van der Waals surface area contributed by atoms with Crippen molar-refractivity contribution in [2.75, 3.05) is 26.7 Å². The van der Waals surface area contributed by atoms with Crippen molar-refractivity contribution in [3.05, 3.63) is 0 Å². The van der Waals surface area contributed by atoms with Crippen LogP contribution in [0.25, 0.3) is 0 Å². The molecule has 1 aliphatic heterocycles. The lowest BCUT2D eigenvalue weighted by atomic mass is 10.2. The zero-order chi connectivity index (χ0) is 8.81. The summed E-state index contributed by atoms with van der Waals surface area (Å²) in [6, 6.07) is 0. The van der Waals surface area contributed by atoms with Gasteiger partial charge in [-0.2, -0.15) is 0 Å². The molecule has 12 heavy (non-hydrogen) atoms. The number of likely N-dealkylation sites (N-methyl/N-ethyl adjacent to an activating group) is 1. The maximum atomic E-state index is 5.16. The van der Waals surface area contributed by atoms with Gasteiger partial charge in [0, 0.05) is 6.54 Å². The molecule has 0 aromatic carbocycles. The first-order valence-electron chi connectivity index (χ1n) is 5.13. The molecule has 0 aromatic rings. The van der Waals surface area contributed by atoms with Gasteiger partial charge in [-0.05, 0) is 20.0 Å². The third-order valence-electron chi connectivity index (χ3n) is 2.31. The first-order valence-corrected chi connectivity index (χ1v) is 5.13. The van der Waals surface area contributed by atoms with Crippen molar-refractivity contribution in [1.29, 1.82) is 0 Å². The van der Waals surface area contributed by atoms with Gasteiger partial charge in [0.2, 0.25) is 0 Å². The zero-order valence-corrected chi connectivity index (χ0v) is 8.38. The van der Waals surface area contributed by atoms with Gasteiger partial charge < -0.3 is 9.64 Å². The SMILES string of the molecule is CCCCCCN(C)CC1CO1. The van der Waals surface area contributed by atoms with E-state index in [9.17, 15) is 0 Å². The Morgan fingerprint density at radius 2 is 2.08 bits per heavy atom. The van der Waals surface area contributed by atoms with Gasteiger partial charge in [-0.1, -0.05) is 26.2 Å². The summed E-state index contributed by atoms with van der Waals surface area (Å²) in [5, 5.41) is 0. The number of unbranched alkanes of at least 4 members (excludes halogenated alkanes) is 3. The van der Waals surface area contributed by atoms with E-state index in [1.165, 1.54) is 32.2 Å². The van der Waals surface area contributed by atoms with Crippen molar-refractivity contribution < 1.29 is 4.74 Å². The highest BCUT2D eigenvalue weighted by Gasteiger charge is 2.23. The van der Waals surface area contributed by atoms with Crippen LogP contribution in [-0.4, -0.2) is 37.7 Å². The Kier molecular flexibility index (Phi) is 4.62. The van der Waals surface area contributed by atoms with Crippen LogP contribution in [0.4, 0.5) is 0 Å². The molecule has 1 saturated heterocycles. The van der Waals surface area contributed by atoms with E-state index in [-0.39, 0.29) is 0 Å². The Labute approximate surface area is 75.9 Å². The molecule has 0 aromatic heterocycles. The number of nitrogens with zero attached hydrogens (tertiary/aromatic N) is 1. The Morgan fingerprint density at radius 1 is 1.33 bits per heavy atom. The molecule has 0 amide bonds. The van der Waals surface area contributed by atoms with E-state index in [0.717, 1.165) is 13.2 Å². The van der Waals surface area contributed by atoms with E-state index < -0.39 is 0 Å². The van der Waals surface area contributed by atoms with Gasteiger partial charge in [0.15, 0.2) is 0 Å². The highest BCUT2D eigenvalue weighted by atomic mass is 16.6. The van der Waals surface area contributed by atoms with Crippen LogP contribution in [0.2, 0.25) is 0 Å². The van der Waals surface area contributed by atoms with Crippen LogP contribution in [-0.2, 0) is 4.74 Å². The number of ether oxygens (including phenoxy) is 1. The van der Waals surface area contributed by atoms with Crippen LogP contribution < -0.4 is 0 Å². The summed E-state index contributed by atoms with van der Waals surface area (Å²) in [4.78, 5) is 2.38. The second-order valence-corrected chi connectivity index (χ2v) is 3.78. The molecular formula is C10H21NO. The summed E-state index contributed by atoms with van der Waals surface area (Å²) in [6.45, 7) is 5.60. The van der Waals surface area contributed by atoms with Crippen LogP contribution in [0.5, 0.6) is 0 Å². The molecule has 1 atom stereocenters. The molecule has 0 spiro atoms. The summed E-state index contributed by atoms with van der Waals surface area (Å²) >= 11 is 0. The fourth-order valence-electron chi connectivity index (χ4n) is 1.42. The quantitative estimate of drug-likeness (QED) is 0.429. The van der Waals surface area contributed by atoms with Gasteiger partial charge in [-0.15, -0.1) is 0 Å². The van der Waals surface area contributed by atoms with E-state index in [0.29, 0.717) is 6.10 Å². The lowest BCUT2D eigenvalue weighted by molar-refractivity contribution is 0.279. The lowest BCUT2D eigenvalue weighted by Gasteiger charge is -2.14. The predicted octanol–water partition coefficient (Wildman–Crippen LogP) is 1.90. The van der Waals surface area contributed by atoms with Crippen molar-refractivity contribution in [2.24, 2.45) is 0 Å². The van der Waals surface area contributed by atoms with Crippen molar-refractivity contribution in [1.82, 2.24) is 4.90 Å². The molecule has 2 nitrogen and oxygen atoms in total. The monoisotopic (exact) mass is 171 g/mol. The minimum atomic E-state index is 0.557. The van der Waals surface area contributed by atoms with Crippen molar-refractivity contribution >= 4 is 0 Å². The molecule has 1 heterocycles. The van der Waals surface area contributed by atoms with Crippen molar-refractivity contribution in [2.45, 2.75) is 38.7 Å². The molecule has 1 rings (SSSR count). The molecule has 72 valence electrons. The fourth-order valence-corrected chi connectivity index (χ4v) is 1.42. The van der Waals surface area contributed by atoms with Gasteiger partial charge >= 0.3 is 0 Å². The molecule has 0 aliphatic carbocycles. The Balaban J connectivity index is 1.83. The van der Waals surface area contributed by atoms with Gasteiger partial charge in [0.25, 0.3) is 0 Å². The summed E-state index contributed by atoms with van der Waals surface area (Å²) in [6.07, 6.45) is 5.99. The van der Waals surface area contributed by atoms with E-state index in [1.807, 2.05) is 0 Å². The minimum Gasteiger partial charge on any atom is -0.372 e. The Bertz CT molecular complexity index is 112. The lowest BCUT2D eigenvalue weighted by Crippen LogP contribution is -2.24. The maximum Gasteiger partial charge on any atom is 0.0936 e. The number of epoxide rings is 1. The molecule has 0 bridgehead atoms. The van der Waals surface area contributed by atoms with Gasteiger partial charge in [0.1, 0.15) is 0 Å². The second-order valence-electron chi connectivity index (χ2n) is 3.78. The van der Waals surface area contributed by atoms with E-state index in [4.69, 9.17) is 4.74 Å². The van der Waals surface area contributed by atoms with E-state index >= 15 is 0 Å². The summed E-state index contributed by atoms with van der Waals surface area (Å²) < 4.78 is 5.16. The topological polar surface area (TPSA) is 15.8 Å². The van der Waals surface area contributed by atoms with E-state index in [1.54, 1.807) is 0 Å². The molecule has 1 unspecified atom stereocenters. The maximum absolute atomic E-state index is 5.16. The predicted molar refractivity (Wildman–Crippen MR) is 51.4 cm³/mol. The summed E-state index contributed by atoms with van der Waals surface area (Å²) in [5.74, 6) is 0. The van der Waals surface area contributed by atoms with E-state index in [2.05, 4.69) is 18.9 Å². The van der Waals surface area contributed by atoms with Gasteiger partial charge in [0.05, 0.1) is 12.7 Å².